The van der Waals surface area contributed by atoms with Crippen LogP contribution in [0, 0.1) is 5.92 Å². The molecular weight excluding hydrogens is 148 g/mol. The SMILES string of the molecule is C[C-](C)C.C[SiH2]C.[Ti]. The Morgan fingerprint density at radius 1 is 1.00 bits per heavy atom. The van der Waals surface area contributed by atoms with Crippen LogP contribution in [-0.2, 0) is 21.7 Å². The first-order valence-corrected chi connectivity index (χ1v) is 5.74. The van der Waals surface area contributed by atoms with Gasteiger partial charge in [-0.1, -0.05) is 13.1 Å². The minimum absolute atomic E-state index is 0. The molecular formula is C6H17SiTi-. The molecule has 0 unspecified atom stereocenters. The van der Waals surface area contributed by atoms with Crippen LogP contribution in [0.25, 0.3) is 0 Å². The molecule has 0 fully saturated rings. The molecule has 0 N–H and O–H groups in total. The predicted molar refractivity (Wildman–Crippen MR) is 40.5 cm³/mol. The number of hydrogen-bond acceptors (Lipinski definition) is 0. The van der Waals surface area contributed by atoms with Crippen molar-refractivity contribution in [3.8, 4) is 0 Å². The summed E-state index contributed by atoms with van der Waals surface area (Å²) >= 11 is 0. The van der Waals surface area contributed by atoms with Crippen molar-refractivity contribution >= 4 is 9.52 Å². The quantitative estimate of drug-likeness (QED) is 0.379. The molecule has 0 aliphatic carbocycles. The number of rotatable bonds is 0. The normalized spacial score (nSPS) is 6.75. The molecule has 0 radical (unpaired) electrons. The van der Waals surface area contributed by atoms with Crippen LogP contribution >= 0.6 is 0 Å². The van der Waals surface area contributed by atoms with Crippen molar-refractivity contribution in [2.45, 2.75) is 33.9 Å². The summed E-state index contributed by atoms with van der Waals surface area (Å²) in [5.41, 5.74) is 0. The van der Waals surface area contributed by atoms with Crippen molar-refractivity contribution in [1.82, 2.24) is 0 Å². The van der Waals surface area contributed by atoms with Crippen LogP contribution in [-0.4, -0.2) is 9.52 Å². The van der Waals surface area contributed by atoms with Gasteiger partial charge in [-0.05, 0) is 0 Å². The van der Waals surface area contributed by atoms with Gasteiger partial charge in [-0.15, -0.1) is 0 Å². The van der Waals surface area contributed by atoms with Gasteiger partial charge in [-0.3, -0.25) is 0 Å². The van der Waals surface area contributed by atoms with Crippen LogP contribution in [0.4, 0.5) is 0 Å². The molecule has 0 aromatic rings. The molecule has 0 nitrogen and oxygen atoms in total. The first-order valence-electron chi connectivity index (χ1n) is 2.91. The van der Waals surface area contributed by atoms with E-state index in [1.165, 1.54) is 5.92 Å². The first-order chi connectivity index (χ1) is 3.15. The maximum Gasteiger partial charge on any atom is 0.0135 e. The summed E-state index contributed by atoms with van der Waals surface area (Å²) in [6, 6.07) is 0. The Morgan fingerprint density at radius 3 is 1.00 bits per heavy atom. The summed E-state index contributed by atoms with van der Waals surface area (Å²) in [6.07, 6.45) is 0. The molecule has 0 aromatic carbocycles. The van der Waals surface area contributed by atoms with Crippen LogP contribution in [0.5, 0.6) is 0 Å². The zero-order valence-corrected chi connectivity index (χ0v) is 9.68. The average Bonchev–Trinajstić information content (AvgIpc) is 1.33. The van der Waals surface area contributed by atoms with Crippen LogP contribution in [0.15, 0.2) is 0 Å². The van der Waals surface area contributed by atoms with Gasteiger partial charge in [0.2, 0.25) is 0 Å². The molecule has 50 valence electrons. The first kappa shape index (κ1) is 16.0. The van der Waals surface area contributed by atoms with Gasteiger partial charge in [-0.2, -0.15) is 20.8 Å². The summed E-state index contributed by atoms with van der Waals surface area (Å²) in [5.74, 6) is 1.42. The predicted octanol–water partition coefficient (Wildman–Crippen LogP) is 1.87. The van der Waals surface area contributed by atoms with Gasteiger partial charge >= 0.3 is 0 Å². The fourth-order valence-corrected chi connectivity index (χ4v) is 0. The fourth-order valence-electron chi connectivity index (χ4n) is 0. The summed E-state index contributed by atoms with van der Waals surface area (Å²) in [6.45, 7) is 10.8. The van der Waals surface area contributed by atoms with Crippen LogP contribution in [0.2, 0.25) is 13.1 Å². The van der Waals surface area contributed by atoms with Crippen LogP contribution in [0.3, 0.4) is 0 Å². The van der Waals surface area contributed by atoms with Crippen molar-refractivity contribution in [2.75, 3.05) is 0 Å². The molecule has 0 bridgehead atoms. The van der Waals surface area contributed by atoms with E-state index in [1.54, 1.807) is 0 Å². The van der Waals surface area contributed by atoms with E-state index in [0.717, 1.165) is 0 Å². The molecule has 0 saturated carbocycles. The second kappa shape index (κ2) is 15.7. The summed E-state index contributed by atoms with van der Waals surface area (Å²) < 4.78 is 0. The Labute approximate surface area is 71.2 Å². The Hall–Kier alpha value is 0.931. The molecule has 8 heavy (non-hydrogen) atoms. The third-order valence-electron chi connectivity index (χ3n) is 0. The summed E-state index contributed by atoms with van der Waals surface area (Å²) in [5, 5.41) is 0. The van der Waals surface area contributed by atoms with Crippen molar-refractivity contribution in [3.63, 3.8) is 0 Å². The monoisotopic (exact) mass is 165 g/mol. The van der Waals surface area contributed by atoms with Crippen LogP contribution in [0.1, 0.15) is 20.8 Å². The van der Waals surface area contributed by atoms with Gasteiger partial charge in [0, 0.05) is 31.2 Å². The van der Waals surface area contributed by atoms with E-state index in [2.05, 4.69) is 33.9 Å². The minimum Gasteiger partial charge on any atom is -0.323 e. The molecule has 0 amide bonds. The van der Waals surface area contributed by atoms with Crippen molar-refractivity contribution < 1.29 is 21.7 Å². The third-order valence-corrected chi connectivity index (χ3v) is 0. The molecule has 2 heteroatoms. The van der Waals surface area contributed by atoms with E-state index in [-0.39, 0.29) is 21.7 Å². The molecule has 0 spiro atoms. The van der Waals surface area contributed by atoms with E-state index < -0.39 is 0 Å². The van der Waals surface area contributed by atoms with Crippen LogP contribution < -0.4 is 0 Å². The molecule has 0 aliphatic rings. The number of hydrogen-bond donors (Lipinski definition) is 0. The summed E-state index contributed by atoms with van der Waals surface area (Å²) in [7, 11) is 0.417. The molecule has 0 heterocycles. The van der Waals surface area contributed by atoms with E-state index in [1.807, 2.05) is 0 Å². The fraction of sp³-hybridized carbons (Fsp3) is 0.833. The second-order valence-electron chi connectivity index (χ2n) is 2.21. The smallest absolute Gasteiger partial charge is 0.0135 e. The van der Waals surface area contributed by atoms with Gasteiger partial charge in [0.25, 0.3) is 0 Å². The average molecular weight is 165 g/mol. The Balaban J connectivity index is -0.0000000575. The maximum absolute atomic E-state index is 2.26. The minimum atomic E-state index is 0. The zero-order valence-electron chi connectivity index (χ0n) is 6.71. The zero-order chi connectivity index (χ0) is 6.28. The van der Waals surface area contributed by atoms with E-state index in [4.69, 9.17) is 0 Å². The van der Waals surface area contributed by atoms with E-state index in [9.17, 15) is 0 Å². The molecule has 0 rings (SSSR count). The van der Waals surface area contributed by atoms with Gasteiger partial charge < -0.3 is 5.92 Å². The Kier molecular flexibility index (Phi) is 31.3. The van der Waals surface area contributed by atoms with Gasteiger partial charge in [0.1, 0.15) is 0 Å². The second-order valence-corrected chi connectivity index (χ2v) is 3.62. The Bertz CT molecular complexity index is 19.7. The van der Waals surface area contributed by atoms with Gasteiger partial charge in [0.05, 0.1) is 0 Å². The van der Waals surface area contributed by atoms with E-state index in [0.29, 0.717) is 9.52 Å². The topological polar surface area (TPSA) is 0 Å². The Morgan fingerprint density at radius 2 is 1.00 bits per heavy atom. The standard InChI is InChI=1S/C4H9.C2H8Si.Ti/c1-4(2)3;1-3-2;/h1-3H3;3H2,1-2H3;/q-1;;. The largest absolute Gasteiger partial charge is 0.323 e. The molecule has 0 aromatic heterocycles. The molecule has 0 saturated heterocycles. The third kappa shape index (κ3) is 281. The maximum atomic E-state index is 2.26. The molecule has 0 atom stereocenters. The van der Waals surface area contributed by atoms with Crippen molar-refractivity contribution in [3.05, 3.63) is 5.92 Å². The van der Waals surface area contributed by atoms with Crippen molar-refractivity contribution in [2.24, 2.45) is 0 Å². The summed E-state index contributed by atoms with van der Waals surface area (Å²) in [4.78, 5) is 0. The van der Waals surface area contributed by atoms with Gasteiger partial charge in [0.15, 0.2) is 0 Å². The van der Waals surface area contributed by atoms with Gasteiger partial charge in [-0.25, -0.2) is 0 Å². The van der Waals surface area contributed by atoms with E-state index >= 15 is 0 Å². The molecule has 0 aliphatic heterocycles. The van der Waals surface area contributed by atoms with Crippen molar-refractivity contribution in [1.29, 1.82) is 0 Å².